The normalized spacial score (nSPS) is 13.4. The summed E-state index contributed by atoms with van der Waals surface area (Å²) in [7, 11) is 0. The van der Waals surface area contributed by atoms with Gasteiger partial charge in [-0.3, -0.25) is 9.88 Å². The number of carbonyl (C=O) groups excluding carboxylic acids is 1. The zero-order valence-corrected chi connectivity index (χ0v) is 12.1. The van der Waals surface area contributed by atoms with Gasteiger partial charge in [-0.25, -0.2) is 4.79 Å². The number of fused-ring (bicyclic) bond motifs is 3. The molecule has 104 valence electrons. The van der Waals surface area contributed by atoms with Gasteiger partial charge in [0.1, 0.15) is 0 Å². The fourth-order valence-electron chi connectivity index (χ4n) is 2.79. The van der Waals surface area contributed by atoms with E-state index in [0.717, 1.165) is 18.7 Å². The summed E-state index contributed by atoms with van der Waals surface area (Å²) in [5.41, 5.74) is 3.00. The van der Waals surface area contributed by atoms with Gasteiger partial charge in [0.05, 0.1) is 11.9 Å². The van der Waals surface area contributed by atoms with E-state index in [9.17, 15) is 4.79 Å². The molecule has 0 atom stereocenters. The molecule has 2 amide bonds. The van der Waals surface area contributed by atoms with Gasteiger partial charge in [0, 0.05) is 23.1 Å². The fourth-order valence-corrected chi connectivity index (χ4v) is 3.61. The van der Waals surface area contributed by atoms with Gasteiger partial charge in [-0.1, -0.05) is 0 Å². The van der Waals surface area contributed by atoms with Crippen molar-refractivity contribution >= 4 is 38.8 Å². The molecule has 0 saturated heterocycles. The van der Waals surface area contributed by atoms with Crippen LogP contribution in [-0.2, 0) is 6.42 Å². The molecule has 0 saturated carbocycles. The number of amides is 2. The molecule has 0 bridgehead atoms. The predicted octanol–water partition coefficient (Wildman–Crippen LogP) is 3.89. The van der Waals surface area contributed by atoms with Crippen molar-refractivity contribution in [1.82, 2.24) is 4.98 Å². The van der Waals surface area contributed by atoms with Gasteiger partial charge in [0.2, 0.25) is 0 Å². The van der Waals surface area contributed by atoms with Gasteiger partial charge in [-0.05, 0) is 53.1 Å². The minimum Gasteiger partial charge on any atom is -0.306 e. The number of nitrogens with zero attached hydrogens (tertiary/aromatic N) is 2. The number of anilines is 2. The topological polar surface area (TPSA) is 45.2 Å². The van der Waals surface area contributed by atoms with Gasteiger partial charge in [-0.15, -0.1) is 11.3 Å². The molecule has 0 spiro atoms. The Hall–Kier alpha value is -2.40. The molecule has 1 aliphatic heterocycles. The van der Waals surface area contributed by atoms with Crippen LogP contribution in [0.15, 0.2) is 48.1 Å². The second-order valence-electron chi connectivity index (χ2n) is 4.97. The van der Waals surface area contributed by atoms with E-state index in [1.54, 1.807) is 28.6 Å². The highest BCUT2D eigenvalue weighted by Crippen LogP contribution is 2.36. The Labute approximate surface area is 126 Å². The number of thiophene rings is 1. The molecular formula is C16H13N3OS. The van der Waals surface area contributed by atoms with Crippen molar-refractivity contribution in [2.24, 2.45) is 0 Å². The average molecular weight is 295 g/mol. The highest BCUT2D eigenvalue weighted by molar-refractivity contribution is 7.17. The second-order valence-corrected chi connectivity index (χ2v) is 5.92. The van der Waals surface area contributed by atoms with Gasteiger partial charge < -0.3 is 5.32 Å². The first-order chi connectivity index (χ1) is 10.3. The Kier molecular flexibility index (Phi) is 2.86. The summed E-state index contributed by atoms with van der Waals surface area (Å²) in [6.45, 7) is 0.719. The molecule has 21 heavy (non-hydrogen) atoms. The van der Waals surface area contributed by atoms with Gasteiger partial charge >= 0.3 is 6.03 Å². The van der Waals surface area contributed by atoms with Crippen LogP contribution in [-0.4, -0.2) is 17.6 Å². The Bertz CT molecular complexity index is 813. The summed E-state index contributed by atoms with van der Waals surface area (Å²) in [4.78, 5) is 18.3. The molecular weight excluding hydrogens is 282 g/mol. The van der Waals surface area contributed by atoms with E-state index >= 15 is 0 Å². The van der Waals surface area contributed by atoms with E-state index < -0.39 is 0 Å². The number of nitrogens with one attached hydrogen (secondary N) is 1. The number of rotatable bonds is 1. The maximum Gasteiger partial charge on any atom is 0.326 e. The predicted molar refractivity (Wildman–Crippen MR) is 86.1 cm³/mol. The molecule has 2 aromatic heterocycles. The van der Waals surface area contributed by atoms with Crippen molar-refractivity contribution in [2.75, 3.05) is 16.8 Å². The largest absolute Gasteiger partial charge is 0.326 e. The first kappa shape index (κ1) is 12.3. The molecule has 0 aliphatic carbocycles. The third kappa shape index (κ3) is 2.06. The molecule has 3 heterocycles. The van der Waals surface area contributed by atoms with E-state index in [2.05, 4.69) is 27.8 Å². The van der Waals surface area contributed by atoms with Crippen molar-refractivity contribution in [2.45, 2.75) is 6.42 Å². The Morgan fingerprint density at radius 2 is 2.24 bits per heavy atom. The molecule has 4 rings (SSSR count). The summed E-state index contributed by atoms with van der Waals surface area (Å²) >= 11 is 1.74. The lowest BCUT2D eigenvalue weighted by Crippen LogP contribution is -2.33. The highest BCUT2D eigenvalue weighted by atomic mass is 32.1. The number of hydrogen-bond donors (Lipinski definition) is 1. The van der Waals surface area contributed by atoms with Gasteiger partial charge in [-0.2, -0.15) is 0 Å². The van der Waals surface area contributed by atoms with Gasteiger partial charge in [0.15, 0.2) is 0 Å². The van der Waals surface area contributed by atoms with Gasteiger partial charge in [0.25, 0.3) is 0 Å². The van der Waals surface area contributed by atoms with E-state index in [1.165, 1.54) is 15.6 Å². The molecule has 1 N–H and O–H groups in total. The molecule has 1 aliphatic rings. The van der Waals surface area contributed by atoms with Crippen LogP contribution in [0.1, 0.15) is 5.56 Å². The van der Waals surface area contributed by atoms with Crippen LogP contribution < -0.4 is 10.2 Å². The summed E-state index contributed by atoms with van der Waals surface area (Å²) in [6, 6.07) is 9.82. The number of aromatic nitrogens is 1. The third-order valence-corrected chi connectivity index (χ3v) is 4.64. The highest BCUT2D eigenvalue weighted by Gasteiger charge is 2.26. The number of pyridine rings is 1. The van der Waals surface area contributed by atoms with E-state index in [0.29, 0.717) is 5.69 Å². The monoisotopic (exact) mass is 295 g/mol. The van der Waals surface area contributed by atoms with E-state index in [1.807, 2.05) is 18.2 Å². The molecule has 0 radical (unpaired) electrons. The van der Waals surface area contributed by atoms with Crippen molar-refractivity contribution in [3.63, 3.8) is 0 Å². The van der Waals surface area contributed by atoms with Crippen molar-refractivity contribution in [1.29, 1.82) is 0 Å². The first-order valence-electron chi connectivity index (χ1n) is 6.80. The van der Waals surface area contributed by atoms with Crippen LogP contribution in [0.5, 0.6) is 0 Å². The molecule has 3 aromatic rings. The number of urea groups is 1. The Morgan fingerprint density at radius 1 is 1.29 bits per heavy atom. The van der Waals surface area contributed by atoms with E-state index in [-0.39, 0.29) is 6.03 Å². The Balaban J connectivity index is 1.65. The zero-order valence-electron chi connectivity index (χ0n) is 11.2. The second kappa shape index (κ2) is 4.86. The van der Waals surface area contributed by atoms with Crippen molar-refractivity contribution < 1.29 is 4.79 Å². The lowest BCUT2D eigenvalue weighted by Gasteiger charge is -2.18. The molecule has 0 fully saturated rings. The minimum absolute atomic E-state index is 0.101. The van der Waals surface area contributed by atoms with Crippen LogP contribution in [0.2, 0.25) is 0 Å². The van der Waals surface area contributed by atoms with Crippen molar-refractivity contribution in [3.05, 3.63) is 53.7 Å². The van der Waals surface area contributed by atoms with E-state index in [4.69, 9.17) is 0 Å². The summed E-state index contributed by atoms with van der Waals surface area (Å²) in [5, 5.41) is 6.27. The molecule has 5 heteroatoms. The number of hydrogen-bond acceptors (Lipinski definition) is 3. The average Bonchev–Trinajstić information content (AvgIpc) is 3.14. The lowest BCUT2D eigenvalue weighted by atomic mass is 10.1. The maximum absolute atomic E-state index is 12.4. The Morgan fingerprint density at radius 3 is 3.10 bits per heavy atom. The number of carbonyl (C=O) groups is 1. The molecule has 0 unspecified atom stereocenters. The molecule has 1 aromatic carbocycles. The standard InChI is InChI=1S/C16H13N3OS/c20-16(18-11-2-1-7-17-10-11)19-8-5-12-13-6-9-21-15(13)4-3-14(12)19/h1-4,6-7,9-10H,5,8H2,(H,18,20). The third-order valence-electron chi connectivity index (χ3n) is 3.76. The lowest BCUT2D eigenvalue weighted by molar-refractivity contribution is 0.257. The van der Waals surface area contributed by atoms with Crippen LogP contribution >= 0.6 is 11.3 Å². The fraction of sp³-hybridized carbons (Fsp3) is 0.125. The molecule has 4 nitrogen and oxygen atoms in total. The van der Waals surface area contributed by atoms with Crippen molar-refractivity contribution in [3.8, 4) is 0 Å². The summed E-state index contributed by atoms with van der Waals surface area (Å²) in [5.74, 6) is 0. The first-order valence-corrected chi connectivity index (χ1v) is 7.68. The SMILES string of the molecule is O=C(Nc1cccnc1)N1CCc2c1ccc1sccc21. The van der Waals surface area contributed by atoms with Crippen LogP contribution in [0.25, 0.3) is 10.1 Å². The number of benzene rings is 1. The van der Waals surface area contributed by atoms with Crippen LogP contribution in [0.4, 0.5) is 16.2 Å². The summed E-state index contributed by atoms with van der Waals surface area (Å²) in [6.07, 6.45) is 4.24. The van der Waals surface area contributed by atoms with Crippen LogP contribution in [0, 0.1) is 0 Å². The minimum atomic E-state index is -0.101. The summed E-state index contributed by atoms with van der Waals surface area (Å²) < 4.78 is 1.28. The smallest absolute Gasteiger partial charge is 0.306 e. The quantitative estimate of drug-likeness (QED) is 0.740. The van der Waals surface area contributed by atoms with Crippen LogP contribution in [0.3, 0.4) is 0 Å². The zero-order chi connectivity index (χ0) is 14.2. The maximum atomic E-state index is 12.4.